The zero-order valence-electron chi connectivity index (χ0n) is 13.8. The van der Waals surface area contributed by atoms with Gasteiger partial charge in [-0.15, -0.1) is 0 Å². The summed E-state index contributed by atoms with van der Waals surface area (Å²) in [6.07, 6.45) is 0. The van der Waals surface area contributed by atoms with Gasteiger partial charge in [0, 0.05) is 18.9 Å². The third-order valence-electron chi connectivity index (χ3n) is 3.56. The molecular formula is C18H22N2O4. The lowest BCUT2D eigenvalue weighted by Crippen LogP contribution is -2.45. The Morgan fingerprint density at radius 2 is 1.88 bits per heavy atom. The summed E-state index contributed by atoms with van der Waals surface area (Å²) in [4.78, 5) is 12.1. The second kappa shape index (κ2) is 8.33. The molecule has 6 heteroatoms. The molecule has 0 unspecified atom stereocenters. The molecule has 0 aliphatic rings. The molecule has 0 radical (unpaired) electrons. The Morgan fingerprint density at radius 3 is 2.54 bits per heavy atom. The minimum Gasteiger partial charge on any atom is -0.497 e. The predicted octanol–water partition coefficient (Wildman–Crippen LogP) is 2.35. The Bertz CT molecular complexity index is 663. The number of hydrogen-bond donors (Lipinski definition) is 3. The van der Waals surface area contributed by atoms with Gasteiger partial charge in [0.25, 0.3) is 0 Å². The number of methoxy groups -OCH3 is 2. The summed E-state index contributed by atoms with van der Waals surface area (Å²) in [5.74, 6) is 0.646. The Hall–Kier alpha value is -2.57. The lowest BCUT2D eigenvalue weighted by atomic mass is 9.94. The van der Waals surface area contributed by atoms with Crippen molar-refractivity contribution in [3.05, 3.63) is 60.2 Å². The fourth-order valence-electron chi connectivity index (χ4n) is 2.33. The van der Waals surface area contributed by atoms with E-state index in [1.807, 2.05) is 18.2 Å². The minimum atomic E-state index is -1.30. The van der Waals surface area contributed by atoms with Gasteiger partial charge in [-0.25, -0.2) is 4.79 Å². The zero-order valence-corrected chi connectivity index (χ0v) is 13.8. The van der Waals surface area contributed by atoms with Gasteiger partial charge < -0.3 is 25.2 Å². The smallest absolute Gasteiger partial charge is 0.319 e. The van der Waals surface area contributed by atoms with Gasteiger partial charge in [-0.2, -0.15) is 0 Å². The van der Waals surface area contributed by atoms with Gasteiger partial charge in [0.2, 0.25) is 0 Å². The number of rotatable bonds is 7. The first-order chi connectivity index (χ1) is 11.6. The van der Waals surface area contributed by atoms with Crippen LogP contribution in [0.4, 0.5) is 10.5 Å². The fourth-order valence-corrected chi connectivity index (χ4v) is 2.33. The summed E-state index contributed by atoms with van der Waals surface area (Å²) in [6, 6.07) is 15.7. The van der Waals surface area contributed by atoms with E-state index in [1.165, 1.54) is 7.11 Å². The number of amides is 2. The lowest BCUT2D eigenvalue weighted by molar-refractivity contribution is -0.0324. The predicted molar refractivity (Wildman–Crippen MR) is 92.2 cm³/mol. The van der Waals surface area contributed by atoms with Crippen molar-refractivity contribution in [1.29, 1.82) is 0 Å². The van der Waals surface area contributed by atoms with Crippen LogP contribution in [0.1, 0.15) is 5.56 Å². The number of benzene rings is 2. The summed E-state index contributed by atoms with van der Waals surface area (Å²) < 4.78 is 10.2. The van der Waals surface area contributed by atoms with Crippen LogP contribution in [0.3, 0.4) is 0 Å². The van der Waals surface area contributed by atoms with Gasteiger partial charge in [0.15, 0.2) is 0 Å². The second-order valence-electron chi connectivity index (χ2n) is 5.37. The van der Waals surface area contributed by atoms with Gasteiger partial charge in [0.1, 0.15) is 11.4 Å². The second-order valence-corrected chi connectivity index (χ2v) is 5.37. The number of ether oxygens (including phenoxy) is 2. The van der Waals surface area contributed by atoms with Crippen molar-refractivity contribution in [2.24, 2.45) is 0 Å². The van der Waals surface area contributed by atoms with Crippen LogP contribution in [-0.2, 0) is 10.3 Å². The quantitative estimate of drug-likeness (QED) is 0.728. The van der Waals surface area contributed by atoms with Gasteiger partial charge >= 0.3 is 6.03 Å². The van der Waals surface area contributed by atoms with E-state index in [0.29, 0.717) is 17.0 Å². The molecule has 1 atom stereocenters. The van der Waals surface area contributed by atoms with Crippen LogP contribution in [0, 0.1) is 0 Å². The maximum Gasteiger partial charge on any atom is 0.319 e. The first kappa shape index (κ1) is 17.8. The number of hydrogen-bond acceptors (Lipinski definition) is 4. The Kier molecular flexibility index (Phi) is 6.17. The molecule has 24 heavy (non-hydrogen) atoms. The van der Waals surface area contributed by atoms with Crippen molar-refractivity contribution in [2.45, 2.75) is 5.60 Å². The summed E-state index contributed by atoms with van der Waals surface area (Å²) in [6.45, 7) is 0.0805. The Labute approximate surface area is 141 Å². The standard InChI is InChI=1S/C18H22N2O4/c1-23-13-18(22,14-7-4-3-5-8-14)12-19-17(21)20-15-9-6-10-16(11-15)24-2/h3-11,22H,12-13H2,1-2H3,(H2,19,20,21)/t18-/m1/s1. The largest absolute Gasteiger partial charge is 0.497 e. The lowest BCUT2D eigenvalue weighted by Gasteiger charge is -2.28. The number of anilines is 1. The molecule has 3 N–H and O–H groups in total. The molecule has 0 spiro atoms. The number of aliphatic hydroxyl groups is 1. The minimum absolute atomic E-state index is 0.0145. The Balaban J connectivity index is 1.99. The third kappa shape index (κ3) is 4.71. The van der Waals surface area contributed by atoms with Crippen molar-refractivity contribution < 1.29 is 19.4 Å². The van der Waals surface area contributed by atoms with Crippen molar-refractivity contribution in [2.75, 3.05) is 32.7 Å². The van der Waals surface area contributed by atoms with E-state index in [-0.39, 0.29) is 13.2 Å². The molecule has 2 aromatic carbocycles. The van der Waals surface area contributed by atoms with E-state index in [9.17, 15) is 9.90 Å². The van der Waals surface area contributed by atoms with Gasteiger partial charge in [-0.1, -0.05) is 36.4 Å². The highest BCUT2D eigenvalue weighted by atomic mass is 16.5. The average Bonchev–Trinajstić information content (AvgIpc) is 2.61. The molecule has 2 amide bonds. The number of nitrogens with one attached hydrogen (secondary N) is 2. The average molecular weight is 330 g/mol. The molecule has 0 aliphatic heterocycles. The molecule has 0 heterocycles. The zero-order chi connectivity index (χ0) is 17.4. The van der Waals surface area contributed by atoms with E-state index < -0.39 is 11.6 Å². The van der Waals surface area contributed by atoms with E-state index in [1.54, 1.807) is 43.5 Å². The number of carbonyl (C=O) groups excluding carboxylic acids is 1. The van der Waals surface area contributed by atoms with Gasteiger partial charge in [-0.05, 0) is 17.7 Å². The first-order valence-electron chi connectivity index (χ1n) is 7.53. The van der Waals surface area contributed by atoms with Crippen molar-refractivity contribution >= 4 is 11.7 Å². The van der Waals surface area contributed by atoms with Crippen LogP contribution in [0.2, 0.25) is 0 Å². The molecule has 0 aromatic heterocycles. The van der Waals surface area contributed by atoms with E-state index in [0.717, 1.165) is 0 Å². The van der Waals surface area contributed by atoms with Gasteiger partial charge in [0.05, 0.1) is 20.3 Å². The molecule has 0 saturated carbocycles. The Morgan fingerprint density at radius 1 is 1.12 bits per heavy atom. The van der Waals surface area contributed by atoms with Crippen LogP contribution in [-0.4, -0.2) is 38.5 Å². The monoisotopic (exact) mass is 330 g/mol. The molecule has 0 aliphatic carbocycles. The summed E-state index contributed by atoms with van der Waals surface area (Å²) in [5.41, 5.74) is -0.0303. The highest BCUT2D eigenvalue weighted by Gasteiger charge is 2.29. The molecule has 2 aromatic rings. The van der Waals surface area contributed by atoms with Crippen LogP contribution < -0.4 is 15.4 Å². The first-order valence-corrected chi connectivity index (χ1v) is 7.53. The van der Waals surface area contributed by atoms with E-state index in [2.05, 4.69) is 10.6 Å². The highest BCUT2D eigenvalue weighted by Crippen LogP contribution is 2.21. The summed E-state index contributed by atoms with van der Waals surface area (Å²) in [5, 5.41) is 16.2. The fraction of sp³-hybridized carbons (Fsp3) is 0.278. The van der Waals surface area contributed by atoms with E-state index in [4.69, 9.17) is 9.47 Å². The molecule has 0 bridgehead atoms. The van der Waals surface area contributed by atoms with Crippen molar-refractivity contribution in [1.82, 2.24) is 5.32 Å². The maximum atomic E-state index is 12.1. The molecule has 2 rings (SSSR count). The van der Waals surface area contributed by atoms with Crippen LogP contribution in [0.25, 0.3) is 0 Å². The molecular weight excluding hydrogens is 308 g/mol. The van der Waals surface area contributed by atoms with Crippen LogP contribution in [0.15, 0.2) is 54.6 Å². The molecule has 6 nitrogen and oxygen atoms in total. The molecule has 0 saturated heterocycles. The van der Waals surface area contributed by atoms with E-state index >= 15 is 0 Å². The third-order valence-corrected chi connectivity index (χ3v) is 3.56. The summed E-state index contributed by atoms with van der Waals surface area (Å²) in [7, 11) is 3.06. The maximum absolute atomic E-state index is 12.1. The molecule has 128 valence electrons. The van der Waals surface area contributed by atoms with Crippen molar-refractivity contribution in [3.8, 4) is 5.75 Å². The topological polar surface area (TPSA) is 79.8 Å². The number of carbonyl (C=O) groups is 1. The number of urea groups is 1. The van der Waals surface area contributed by atoms with Crippen LogP contribution in [0.5, 0.6) is 5.75 Å². The highest BCUT2D eigenvalue weighted by molar-refractivity contribution is 5.89. The van der Waals surface area contributed by atoms with Gasteiger partial charge in [-0.3, -0.25) is 0 Å². The van der Waals surface area contributed by atoms with Crippen LogP contribution >= 0.6 is 0 Å². The van der Waals surface area contributed by atoms with Crippen molar-refractivity contribution in [3.63, 3.8) is 0 Å². The SMILES string of the molecule is COC[C@](O)(CNC(=O)Nc1cccc(OC)c1)c1ccccc1. The normalized spacial score (nSPS) is 13.0. The summed E-state index contributed by atoms with van der Waals surface area (Å²) >= 11 is 0. The molecule has 0 fully saturated rings.